The van der Waals surface area contributed by atoms with Crippen LogP contribution in [0.25, 0.3) is 0 Å². The van der Waals surface area contributed by atoms with Gasteiger partial charge < -0.3 is 10.1 Å². The Labute approximate surface area is 174 Å². The van der Waals surface area contributed by atoms with E-state index < -0.39 is 20.7 Å². The molecule has 1 fully saturated rings. The topological polar surface area (TPSA) is 75.7 Å². The van der Waals surface area contributed by atoms with Crippen LogP contribution in [0, 0.1) is 5.82 Å². The number of morpholine rings is 1. The maximum absolute atomic E-state index is 14.2. The number of carbonyl (C=O) groups excluding carboxylic acids is 1. The van der Waals surface area contributed by atoms with Crippen molar-refractivity contribution in [2.45, 2.75) is 22.6 Å². The minimum atomic E-state index is -3.98. The highest BCUT2D eigenvalue weighted by atomic mass is 32.2. The molecule has 1 aliphatic heterocycles. The van der Waals surface area contributed by atoms with Gasteiger partial charge in [0.15, 0.2) is 0 Å². The molecule has 29 heavy (non-hydrogen) atoms. The number of amides is 1. The molecule has 3 rings (SSSR count). The number of thioether (sulfide) groups is 1. The number of hydrogen-bond acceptors (Lipinski definition) is 5. The first-order valence-corrected chi connectivity index (χ1v) is 11.7. The van der Waals surface area contributed by atoms with Crippen LogP contribution in [0.5, 0.6) is 0 Å². The minimum absolute atomic E-state index is 0.178. The number of rotatable bonds is 8. The van der Waals surface area contributed by atoms with Crippen LogP contribution < -0.4 is 5.32 Å². The van der Waals surface area contributed by atoms with Gasteiger partial charge in [-0.05, 0) is 42.5 Å². The molecular weight excluding hydrogens is 415 g/mol. The maximum atomic E-state index is 14.2. The molecule has 0 atom stereocenters. The predicted molar refractivity (Wildman–Crippen MR) is 111 cm³/mol. The molecule has 1 amide bonds. The van der Waals surface area contributed by atoms with Crippen molar-refractivity contribution in [2.75, 3.05) is 37.4 Å². The smallest absolute Gasteiger partial charge is 0.246 e. The highest BCUT2D eigenvalue weighted by Crippen LogP contribution is 2.24. The first-order valence-electron chi connectivity index (χ1n) is 9.32. The SMILES string of the molecule is O=C(CCCSc1ccccc1)Nc1ccc(F)c(S(=O)(=O)N2CCOCC2)c1. The Kier molecular flexibility index (Phi) is 7.65. The van der Waals surface area contributed by atoms with Crippen molar-refractivity contribution in [2.24, 2.45) is 0 Å². The van der Waals surface area contributed by atoms with Crippen LogP contribution in [0.1, 0.15) is 12.8 Å². The Morgan fingerprint density at radius 3 is 2.59 bits per heavy atom. The third-order valence-electron chi connectivity index (χ3n) is 4.36. The number of carbonyl (C=O) groups is 1. The van der Waals surface area contributed by atoms with Gasteiger partial charge in [0.2, 0.25) is 15.9 Å². The molecule has 9 heteroatoms. The van der Waals surface area contributed by atoms with E-state index >= 15 is 0 Å². The van der Waals surface area contributed by atoms with E-state index in [1.165, 1.54) is 16.4 Å². The summed E-state index contributed by atoms with van der Waals surface area (Å²) in [5.74, 6) is -0.286. The van der Waals surface area contributed by atoms with Crippen LogP contribution in [0.3, 0.4) is 0 Å². The number of halogens is 1. The molecule has 2 aromatic rings. The van der Waals surface area contributed by atoms with E-state index in [2.05, 4.69) is 5.32 Å². The van der Waals surface area contributed by atoms with E-state index in [1.807, 2.05) is 30.3 Å². The number of anilines is 1. The largest absolute Gasteiger partial charge is 0.379 e. The lowest BCUT2D eigenvalue weighted by Gasteiger charge is -2.26. The molecule has 6 nitrogen and oxygen atoms in total. The van der Waals surface area contributed by atoms with Crippen molar-refractivity contribution in [3.8, 4) is 0 Å². The highest BCUT2D eigenvalue weighted by molar-refractivity contribution is 7.99. The van der Waals surface area contributed by atoms with Gasteiger partial charge in [-0.15, -0.1) is 11.8 Å². The molecule has 1 aliphatic rings. The van der Waals surface area contributed by atoms with Crippen molar-refractivity contribution >= 4 is 33.4 Å². The number of benzene rings is 2. The molecule has 0 bridgehead atoms. The lowest BCUT2D eigenvalue weighted by atomic mass is 10.2. The molecule has 0 aliphatic carbocycles. The Bertz CT molecular complexity index is 933. The molecular formula is C20H23FN2O4S2. The van der Waals surface area contributed by atoms with Gasteiger partial charge >= 0.3 is 0 Å². The number of ether oxygens (including phenoxy) is 1. The van der Waals surface area contributed by atoms with Crippen LogP contribution in [-0.2, 0) is 19.6 Å². The van der Waals surface area contributed by atoms with Crippen molar-refractivity contribution in [1.29, 1.82) is 0 Å². The number of sulfonamides is 1. The number of nitrogens with zero attached hydrogens (tertiary/aromatic N) is 1. The molecule has 1 heterocycles. The molecule has 0 aromatic heterocycles. The van der Waals surface area contributed by atoms with E-state index in [0.29, 0.717) is 12.8 Å². The zero-order valence-electron chi connectivity index (χ0n) is 15.8. The van der Waals surface area contributed by atoms with Crippen LogP contribution in [0.15, 0.2) is 58.3 Å². The Hall–Kier alpha value is -1.94. The minimum Gasteiger partial charge on any atom is -0.379 e. The van der Waals surface area contributed by atoms with Crippen LogP contribution >= 0.6 is 11.8 Å². The van der Waals surface area contributed by atoms with Gasteiger partial charge in [-0.3, -0.25) is 4.79 Å². The number of hydrogen-bond donors (Lipinski definition) is 1. The van der Waals surface area contributed by atoms with E-state index in [1.54, 1.807) is 11.8 Å². The highest BCUT2D eigenvalue weighted by Gasteiger charge is 2.29. The second kappa shape index (κ2) is 10.2. The zero-order valence-corrected chi connectivity index (χ0v) is 17.5. The normalized spacial score (nSPS) is 15.2. The average molecular weight is 439 g/mol. The summed E-state index contributed by atoms with van der Waals surface area (Å²) in [5, 5.41) is 2.66. The molecule has 156 valence electrons. The predicted octanol–water partition coefficient (Wildman–Crippen LogP) is 3.36. The van der Waals surface area contributed by atoms with Gasteiger partial charge in [0.25, 0.3) is 0 Å². The lowest BCUT2D eigenvalue weighted by molar-refractivity contribution is -0.116. The molecule has 1 N–H and O–H groups in total. The fraction of sp³-hybridized carbons (Fsp3) is 0.350. The van der Waals surface area contributed by atoms with Crippen LogP contribution in [0.2, 0.25) is 0 Å². The Morgan fingerprint density at radius 1 is 1.14 bits per heavy atom. The van der Waals surface area contributed by atoms with Crippen LogP contribution in [-0.4, -0.2) is 50.7 Å². The Morgan fingerprint density at radius 2 is 1.86 bits per heavy atom. The maximum Gasteiger partial charge on any atom is 0.246 e. The Balaban J connectivity index is 1.57. The van der Waals surface area contributed by atoms with E-state index in [-0.39, 0.29) is 37.9 Å². The van der Waals surface area contributed by atoms with Gasteiger partial charge in [-0.25, -0.2) is 12.8 Å². The van der Waals surface area contributed by atoms with Crippen molar-refractivity contribution < 1.29 is 22.3 Å². The number of nitrogens with one attached hydrogen (secondary N) is 1. The van der Waals surface area contributed by atoms with E-state index in [0.717, 1.165) is 16.7 Å². The fourth-order valence-corrected chi connectivity index (χ4v) is 5.24. The first-order chi connectivity index (χ1) is 14.0. The summed E-state index contributed by atoms with van der Waals surface area (Å²) in [4.78, 5) is 12.9. The summed E-state index contributed by atoms with van der Waals surface area (Å²) in [6.45, 7) is 0.908. The second-order valence-corrected chi connectivity index (χ2v) is 9.55. The summed E-state index contributed by atoms with van der Waals surface area (Å²) in [6, 6.07) is 13.5. The molecule has 0 saturated carbocycles. The summed E-state index contributed by atoms with van der Waals surface area (Å²) in [6.07, 6.45) is 0.967. The van der Waals surface area contributed by atoms with E-state index in [4.69, 9.17) is 4.74 Å². The van der Waals surface area contributed by atoms with Gasteiger partial charge in [0.1, 0.15) is 10.7 Å². The summed E-state index contributed by atoms with van der Waals surface area (Å²) in [7, 11) is -3.98. The van der Waals surface area contributed by atoms with Gasteiger partial charge in [-0.2, -0.15) is 4.31 Å². The molecule has 1 saturated heterocycles. The lowest BCUT2D eigenvalue weighted by Crippen LogP contribution is -2.40. The summed E-state index contributed by atoms with van der Waals surface area (Å²) < 4.78 is 46.0. The molecule has 0 radical (unpaired) electrons. The second-order valence-electron chi connectivity index (χ2n) is 6.47. The van der Waals surface area contributed by atoms with Gasteiger partial charge in [0.05, 0.1) is 13.2 Å². The van der Waals surface area contributed by atoms with Gasteiger partial charge in [-0.1, -0.05) is 18.2 Å². The van der Waals surface area contributed by atoms with Crippen molar-refractivity contribution in [3.05, 3.63) is 54.3 Å². The standard InChI is InChI=1S/C20H23FN2O4S2/c21-18-9-8-16(15-19(18)29(25,26)23-10-12-27-13-11-23)22-20(24)7-4-14-28-17-5-2-1-3-6-17/h1-3,5-6,8-9,15H,4,7,10-14H2,(H,22,24). The van der Waals surface area contributed by atoms with Crippen molar-refractivity contribution in [1.82, 2.24) is 4.31 Å². The summed E-state index contributed by atoms with van der Waals surface area (Å²) in [5.41, 5.74) is 0.263. The average Bonchev–Trinajstić information content (AvgIpc) is 2.74. The fourth-order valence-electron chi connectivity index (χ4n) is 2.87. The molecule has 0 spiro atoms. The molecule has 2 aromatic carbocycles. The molecule has 0 unspecified atom stereocenters. The van der Waals surface area contributed by atoms with Crippen molar-refractivity contribution in [3.63, 3.8) is 0 Å². The third kappa shape index (κ3) is 6.02. The summed E-state index contributed by atoms with van der Waals surface area (Å²) >= 11 is 1.67. The monoisotopic (exact) mass is 438 g/mol. The third-order valence-corrected chi connectivity index (χ3v) is 7.37. The van der Waals surface area contributed by atoms with E-state index in [9.17, 15) is 17.6 Å². The first kappa shape index (κ1) is 21.8. The zero-order chi connectivity index (χ0) is 20.7. The van der Waals surface area contributed by atoms with Gasteiger partial charge in [0, 0.05) is 30.1 Å². The van der Waals surface area contributed by atoms with Crippen LogP contribution in [0.4, 0.5) is 10.1 Å². The quantitative estimate of drug-likeness (QED) is 0.505.